The second-order valence-corrected chi connectivity index (χ2v) is 7.44. The quantitative estimate of drug-likeness (QED) is 0.552. The van der Waals surface area contributed by atoms with E-state index in [9.17, 15) is 0 Å². The molecule has 2 nitrogen and oxygen atoms in total. The zero-order valence-corrected chi connectivity index (χ0v) is 16.1. The van der Waals surface area contributed by atoms with Crippen molar-refractivity contribution in [1.29, 1.82) is 0 Å². The molecule has 0 bridgehead atoms. The maximum absolute atomic E-state index is 5.20. The molecule has 0 aliphatic rings. The molecule has 0 fully saturated rings. The van der Waals surface area contributed by atoms with Crippen molar-refractivity contribution in [3.63, 3.8) is 0 Å². The van der Waals surface area contributed by atoms with Crippen molar-refractivity contribution in [2.75, 3.05) is 19.0 Å². The Hall–Kier alpha value is -1.61. The molecule has 0 saturated heterocycles. The molecular formula is C21H29NOS. The molecule has 0 aliphatic heterocycles. The largest absolute Gasteiger partial charge is 0.497 e. The average Bonchev–Trinajstić information content (AvgIpc) is 2.60. The van der Waals surface area contributed by atoms with Crippen molar-refractivity contribution in [2.45, 2.75) is 44.3 Å². The highest BCUT2D eigenvalue weighted by molar-refractivity contribution is 7.98. The van der Waals surface area contributed by atoms with Crippen LogP contribution in [0.25, 0.3) is 0 Å². The first-order valence-electron chi connectivity index (χ1n) is 8.72. The number of rotatable bonds is 9. The van der Waals surface area contributed by atoms with Gasteiger partial charge in [0.15, 0.2) is 0 Å². The van der Waals surface area contributed by atoms with Crippen LogP contribution in [0.5, 0.6) is 5.75 Å². The molecule has 130 valence electrons. The number of benzene rings is 2. The van der Waals surface area contributed by atoms with Gasteiger partial charge in [-0.3, -0.25) is 0 Å². The number of nitrogens with one attached hydrogen (secondary N) is 1. The predicted octanol–water partition coefficient (Wildman–Crippen LogP) is 6.14. The third kappa shape index (κ3) is 5.79. The van der Waals surface area contributed by atoms with Crippen molar-refractivity contribution in [3.05, 3.63) is 53.6 Å². The van der Waals surface area contributed by atoms with E-state index in [2.05, 4.69) is 56.4 Å². The first kappa shape index (κ1) is 18.7. The number of anilines is 1. The standard InChI is InChI=1S/C21H29NOS/c1-5-6-16(2)14-22-21-12-11-20(13-17(21)3)24-15-18-7-9-19(23-4)10-8-18/h7-13,16,22H,5-6,14-15H2,1-4H3. The fourth-order valence-corrected chi connectivity index (χ4v) is 3.64. The molecule has 2 rings (SSSR count). The summed E-state index contributed by atoms with van der Waals surface area (Å²) in [4.78, 5) is 1.32. The topological polar surface area (TPSA) is 21.3 Å². The van der Waals surface area contributed by atoms with E-state index in [1.54, 1.807) is 7.11 Å². The molecule has 1 atom stereocenters. The van der Waals surface area contributed by atoms with Gasteiger partial charge in [-0.15, -0.1) is 11.8 Å². The minimum absolute atomic E-state index is 0.721. The number of aryl methyl sites for hydroxylation is 1. The van der Waals surface area contributed by atoms with Gasteiger partial charge in [-0.1, -0.05) is 32.4 Å². The lowest BCUT2D eigenvalue weighted by Gasteiger charge is -2.15. The molecule has 24 heavy (non-hydrogen) atoms. The monoisotopic (exact) mass is 343 g/mol. The summed E-state index contributed by atoms with van der Waals surface area (Å²) in [6.07, 6.45) is 2.53. The van der Waals surface area contributed by atoms with Gasteiger partial charge in [0, 0.05) is 22.9 Å². The van der Waals surface area contributed by atoms with E-state index in [0.29, 0.717) is 0 Å². The molecule has 0 radical (unpaired) electrons. The van der Waals surface area contributed by atoms with Gasteiger partial charge in [-0.25, -0.2) is 0 Å². The van der Waals surface area contributed by atoms with Crippen molar-refractivity contribution < 1.29 is 4.74 Å². The van der Waals surface area contributed by atoms with Gasteiger partial charge < -0.3 is 10.1 Å². The summed E-state index contributed by atoms with van der Waals surface area (Å²) in [6.45, 7) is 7.79. The molecular weight excluding hydrogens is 314 g/mol. The normalized spacial score (nSPS) is 12.0. The highest BCUT2D eigenvalue weighted by atomic mass is 32.2. The van der Waals surface area contributed by atoms with Gasteiger partial charge in [0.25, 0.3) is 0 Å². The zero-order chi connectivity index (χ0) is 17.4. The number of methoxy groups -OCH3 is 1. The fourth-order valence-electron chi connectivity index (χ4n) is 2.69. The Balaban J connectivity index is 1.88. The van der Waals surface area contributed by atoms with Crippen LogP contribution in [-0.4, -0.2) is 13.7 Å². The first-order chi connectivity index (χ1) is 11.6. The summed E-state index contributed by atoms with van der Waals surface area (Å²) in [5, 5.41) is 3.59. The maximum Gasteiger partial charge on any atom is 0.118 e. The summed E-state index contributed by atoms with van der Waals surface area (Å²) >= 11 is 1.87. The van der Waals surface area contributed by atoms with Crippen molar-refractivity contribution in [1.82, 2.24) is 0 Å². The number of ether oxygens (including phenoxy) is 1. The predicted molar refractivity (Wildman–Crippen MR) is 106 cm³/mol. The van der Waals surface area contributed by atoms with Gasteiger partial charge in [-0.2, -0.15) is 0 Å². The molecule has 0 spiro atoms. The second-order valence-electron chi connectivity index (χ2n) is 6.39. The Bertz CT molecular complexity index is 624. The van der Waals surface area contributed by atoms with E-state index >= 15 is 0 Å². The number of hydrogen-bond acceptors (Lipinski definition) is 3. The average molecular weight is 344 g/mol. The van der Waals surface area contributed by atoms with Crippen LogP contribution in [-0.2, 0) is 5.75 Å². The van der Waals surface area contributed by atoms with Crippen LogP contribution in [0.2, 0.25) is 0 Å². The van der Waals surface area contributed by atoms with Gasteiger partial charge in [0.2, 0.25) is 0 Å². The highest BCUT2D eigenvalue weighted by Crippen LogP contribution is 2.27. The van der Waals surface area contributed by atoms with Crippen molar-refractivity contribution >= 4 is 17.4 Å². The fraction of sp³-hybridized carbons (Fsp3) is 0.429. The van der Waals surface area contributed by atoms with E-state index in [0.717, 1.165) is 24.0 Å². The van der Waals surface area contributed by atoms with Crippen molar-refractivity contribution in [3.8, 4) is 5.75 Å². The van der Waals surface area contributed by atoms with Crippen molar-refractivity contribution in [2.24, 2.45) is 5.92 Å². The van der Waals surface area contributed by atoms with E-state index < -0.39 is 0 Å². The number of thioether (sulfide) groups is 1. The molecule has 3 heteroatoms. The van der Waals surface area contributed by atoms with Gasteiger partial charge in [0.1, 0.15) is 5.75 Å². The molecule has 0 heterocycles. The molecule has 1 unspecified atom stereocenters. The van der Waals surface area contributed by atoms with Crippen LogP contribution < -0.4 is 10.1 Å². The smallest absolute Gasteiger partial charge is 0.118 e. The first-order valence-corrected chi connectivity index (χ1v) is 9.71. The lowest BCUT2D eigenvalue weighted by molar-refractivity contribution is 0.414. The second kappa shape index (κ2) is 9.63. The maximum atomic E-state index is 5.20. The van der Waals surface area contributed by atoms with Crippen LogP contribution in [0, 0.1) is 12.8 Å². The molecule has 0 aliphatic carbocycles. The zero-order valence-electron chi connectivity index (χ0n) is 15.3. The summed E-state index contributed by atoms with van der Waals surface area (Å²) in [6, 6.07) is 15.0. The van der Waals surface area contributed by atoms with E-state index in [-0.39, 0.29) is 0 Å². The lowest BCUT2D eigenvalue weighted by Crippen LogP contribution is -2.11. The van der Waals surface area contributed by atoms with Gasteiger partial charge in [0.05, 0.1) is 7.11 Å². The molecule has 0 saturated carbocycles. The SMILES string of the molecule is CCCC(C)CNc1ccc(SCc2ccc(OC)cc2)cc1C. The van der Waals surface area contributed by atoms with E-state index in [1.165, 1.54) is 34.6 Å². The summed E-state index contributed by atoms with van der Waals surface area (Å²) < 4.78 is 5.20. The summed E-state index contributed by atoms with van der Waals surface area (Å²) in [5.74, 6) is 2.61. The molecule has 0 aromatic heterocycles. The highest BCUT2D eigenvalue weighted by Gasteiger charge is 2.04. The van der Waals surface area contributed by atoms with E-state index in [1.807, 2.05) is 23.9 Å². The third-order valence-electron chi connectivity index (χ3n) is 4.18. The molecule has 2 aromatic carbocycles. The van der Waals surface area contributed by atoms with Gasteiger partial charge in [-0.05, 0) is 60.7 Å². The molecule has 2 aromatic rings. The number of hydrogen-bond donors (Lipinski definition) is 1. The van der Waals surface area contributed by atoms with Crippen LogP contribution in [0.15, 0.2) is 47.4 Å². The minimum atomic E-state index is 0.721. The Morgan fingerprint density at radius 3 is 2.50 bits per heavy atom. The third-order valence-corrected chi connectivity index (χ3v) is 5.25. The Kier molecular flexibility index (Phi) is 7.51. The minimum Gasteiger partial charge on any atom is -0.497 e. The molecule has 0 amide bonds. The van der Waals surface area contributed by atoms with Crippen LogP contribution in [0.4, 0.5) is 5.69 Å². The Labute approximate surface area is 151 Å². The Morgan fingerprint density at radius 1 is 1.12 bits per heavy atom. The van der Waals surface area contributed by atoms with Crippen LogP contribution in [0.1, 0.15) is 37.8 Å². The summed E-state index contributed by atoms with van der Waals surface area (Å²) in [7, 11) is 1.70. The van der Waals surface area contributed by atoms with Gasteiger partial charge >= 0.3 is 0 Å². The lowest BCUT2D eigenvalue weighted by atomic mass is 10.1. The van der Waals surface area contributed by atoms with Crippen LogP contribution in [0.3, 0.4) is 0 Å². The molecule has 1 N–H and O–H groups in total. The summed E-state index contributed by atoms with van der Waals surface area (Å²) in [5.41, 5.74) is 3.89. The Morgan fingerprint density at radius 2 is 1.88 bits per heavy atom. The van der Waals surface area contributed by atoms with Crippen LogP contribution >= 0.6 is 11.8 Å². The van der Waals surface area contributed by atoms with E-state index in [4.69, 9.17) is 4.74 Å².